The summed E-state index contributed by atoms with van der Waals surface area (Å²) in [7, 11) is 0. The zero-order chi connectivity index (χ0) is 9.14. The monoisotopic (exact) mass is 166 g/mol. The van der Waals surface area contributed by atoms with Crippen molar-refractivity contribution in [1.29, 1.82) is 5.26 Å². The Morgan fingerprint density at radius 3 is 2.75 bits per heavy atom. The van der Waals surface area contributed by atoms with E-state index in [1.54, 1.807) is 13.8 Å². The molecule has 1 rings (SSSR count). The van der Waals surface area contributed by atoms with E-state index in [9.17, 15) is 5.11 Å². The summed E-state index contributed by atoms with van der Waals surface area (Å²) in [5, 5.41) is 21.4. The van der Waals surface area contributed by atoms with E-state index in [1.165, 1.54) is 11.0 Å². The molecule has 1 aromatic heterocycles. The van der Waals surface area contributed by atoms with E-state index in [1.807, 2.05) is 6.07 Å². The summed E-state index contributed by atoms with van der Waals surface area (Å²) in [6.45, 7) is 3.47. The molecule has 0 aliphatic carbocycles. The van der Waals surface area contributed by atoms with Crippen molar-refractivity contribution in [3.63, 3.8) is 0 Å². The van der Waals surface area contributed by atoms with Crippen molar-refractivity contribution >= 4 is 0 Å². The van der Waals surface area contributed by atoms with Crippen molar-refractivity contribution in [3.8, 4) is 6.07 Å². The van der Waals surface area contributed by atoms with E-state index in [0.29, 0.717) is 0 Å². The van der Waals surface area contributed by atoms with Gasteiger partial charge < -0.3 is 5.11 Å². The van der Waals surface area contributed by atoms with Crippen LogP contribution in [0.25, 0.3) is 0 Å². The molecule has 1 N–H and O–H groups in total. The molecule has 0 saturated carbocycles. The smallest absolute Gasteiger partial charge is 0.252 e. The third-order valence-corrected chi connectivity index (χ3v) is 1.72. The van der Waals surface area contributed by atoms with Crippen LogP contribution in [0.4, 0.5) is 0 Å². The molecule has 0 amide bonds. The van der Waals surface area contributed by atoms with Crippen LogP contribution < -0.4 is 0 Å². The van der Waals surface area contributed by atoms with Crippen LogP contribution in [0.1, 0.15) is 25.7 Å². The van der Waals surface area contributed by atoms with Crippen molar-refractivity contribution in [2.45, 2.75) is 26.0 Å². The maximum atomic E-state index is 9.18. The Bertz CT molecular complexity index is 299. The maximum absolute atomic E-state index is 9.18. The molecule has 0 saturated heterocycles. The second-order valence-corrected chi connectivity index (χ2v) is 2.64. The fourth-order valence-electron chi connectivity index (χ4n) is 0.743. The first kappa shape index (κ1) is 8.68. The molecule has 0 aliphatic rings. The van der Waals surface area contributed by atoms with Crippen LogP contribution >= 0.6 is 0 Å². The normalized spacial score (nSPS) is 15.2. The molecule has 64 valence electrons. The largest absolute Gasteiger partial charge is 0.391 e. The number of hydrogen-bond donors (Lipinski definition) is 1. The third-order valence-electron chi connectivity index (χ3n) is 1.72. The third kappa shape index (κ3) is 1.60. The Morgan fingerprint density at radius 1 is 1.67 bits per heavy atom. The summed E-state index contributed by atoms with van der Waals surface area (Å²) in [6, 6.07) is 1.66. The lowest BCUT2D eigenvalue weighted by molar-refractivity contribution is 0.132. The van der Waals surface area contributed by atoms with Crippen LogP contribution in [-0.2, 0) is 0 Å². The summed E-state index contributed by atoms with van der Waals surface area (Å²) in [5.74, 6) is 0.127. The Morgan fingerprint density at radius 2 is 2.33 bits per heavy atom. The van der Waals surface area contributed by atoms with Crippen LogP contribution in [0.3, 0.4) is 0 Å². The van der Waals surface area contributed by atoms with Gasteiger partial charge in [0.1, 0.15) is 12.4 Å². The SMILES string of the molecule is CC(O)C(C)n1cnc(C#N)n1. The van der Waals surface area contributed by atoms with Gasteiger partial charge in [0.25, 0.3) is 5.82 Å². The molecule has 2 unspecified atom stereocenters. The first-order valence-electron chi connectivity index (χ1n) is 3.64. The van der Waals surface area contributed by atoms with Gasteiger partial charge >= 0.3 is 0 Å². The fourth-order valence-corrected chi connectivity index (χ4v) is 0.743. The fraction of sp³-hybridized carbons (Fsp3) is 0.571. The second kappa shape index (κ2) is 3.32. The summed E-state index contributed by atoms with van der Waals surface area (Å²) in [6.07, 6.45) is 0.939. The number of aliphatic hydroxyl groups is 1. The Balaban J connectivity index is 2.83. The molecule has 0 aliphatic heterocycles. The predicted molar refractivity (Wildman–Crippen MR) is 41.1 cm³/mol. The minimum Gasteiger partial charge on any atom is -0.391 e. The molecule has 1 aromatic rings. The van der Waals surface area contributed by atoms with Crippen LogP contribution in [0.15, 0.2) is 6.33 Å². The van der Waals surface area contributed by atoms with E-state index in [0.717, 1.165) is 0 Å². The summed E-state index contributed by atoms with van der Waals surface area (Å²) in [4.78, 5) is 3.72. The molecule has 12 heavy (non-hydrogen) atoms. The number of rotatable bonds is 2. The van der Waals surface area contributed by atoms with Gasteiger partial charge in [-0.1, -0.05) is 0 Å². The topological polar surface area (TPSA) is 74.7 Å². The van der Waals surface area contributed by atoms with Crippen molar-refractivity contribution in [3.05, 3.63) is 12.2 Å². The number of aromatic nitrogens is 3. The van der Waals surface area contributed by atoms with Gasteiger partial charge in [-0.3, -0.25) is 0 Å². The van der Waals surface area contributed by atoms with Gasteiger partial charge in [0, 0.05) is 0 Å². The second-order valence-electron chi connectivity index (χ2n) is 2.64. The number of nitriles is 1. The molecule has 0 fully saturated rings. The van der Waals surface area contributed by atoms with Gasteiger partial charge in [0.15, 0.2) is 0 Å². The standard InChI is InChI=1S/C7H10N4O/c1-5(6(2)12)11-4-9-7(3-8)10-11/h4-6,12H,1-2H3. The van der Waals surface area contributed by atoms with Crippen LogP contribution in [0.5, 0.6) is 0 Å². The minimum absolute atomic E-state index is 0.127. The highest BCUT2D eigenvalue weighted by atomic mass is 16.3. The van der Waals surface area contributed by atoms with Crippen molar-refractivity contribution < 1.29 is 5.11 Å². The Labute approximate surface area is 70.3 Å². The average molecular weight is 166 g/mol. The van der Waals surface area contributed by atoms with Gasteiger partial charge in [-0.2, -0.15) is 5.26 Å². The molecule has 0 aromatic carbocycles. The average Bonchev–Trinajstić information content (AvgIpc) is 2.50. The molecule has 5 heteroatoms. The highest BCUT2D eigenvalue weighted by Gasteiger charge is 2.12. The summed E-state index contributed by atoms with van der Waals surface area (Å²) in [5.41, 5.74) is 0. The van der Waals surface area contributed by atoms with Crippen LogP contribution in [0, 0.1) is 11.3 Å². The first-order chi connectivity index (χ1) is 5.65. The molecule has 5 nitrogen and oxygen atoms in total. The molecular weight excluding hydrogens is 156 g/mol. The summed E-state index contributed by atoms with van der Waals surface area (Å²) >= 11 is 0. The zero-order valence-electron chi connectivity index (χ0n) is 6.97. The van der Waals surface area contributed by atoms with E-state index in [2.05, 4.69) is 10.1 Å². The molecule has 0 radical (unpaired) electrons. The first-order valence-corrected chi connectivity index (χ1v) is 3.64. The van der Waals surface area contributed by atoms with Crippen molar-refractivity contribution in [1.82, 2.24) is 14.8 Å². The van der Waals surface area contributed by atoms with Gasteiger partial charge in [-0.15, -0.1) is 5.10 Å². The lowest BCUT2D eigenvalue weighted by Gasteiger charge is -2.13. The van der Waals surface area contributed by atoms with E-state index >= 15 is 0 Å². The highest BCUT2D eigenvalue weighted by molar-refractivity contribution is 5.05. The highest BCUT2D eigenvalue weighted by Crippen LogP contribution is 2.07. The molecule has 0 spiro atoms. The van der Waals surface area contributed by atoms with Crippen molar-refractivity contribution in [2.24, 2.45) is 0 Å². The summed E-state index contributed by atoms with van der Waals surface area (Å²) < 4.78 is 1.48. The lowest BCUT2D eigenvalue weighted by Crippen LogP contribution is -2.18. The van der Waals surface area contributed by atoms with E-state index < -0.39 is 6.10 Å². The molecular formula is C7H10N4O. The minimum atomic E-state index is -0.502. The van der Waals surface area contributed by atoms with Crippen LogP contribution in [-0.4, -0.2) is 26.0 Å². The number of hydrogen-bond acceptors (Lipinski definition) is 4. The Kier molecular flexibility index (Phi) is 2.41. The lowest BCUT2D eigenvalue weighted by atomic mass is 10.2. The predicted octanol–water partition coefficient (Wildman–Crippen LogP) is 0.0916. The maximum Gasteiger partial charge on any atom is 0.252 e. The van der Waals surface area contributed by atoms with Crippen LogP contribution in [0.2, 0.25) is 0 Å². The number of nitrogens with zero attached hydrogens (tertiary/aromatic N) is 4. The van der Waals surface area contributed by atoms with E-state index in [-0.39, 0.29) is 11.9 Å². The Hall–Kier alpha value is -1.41. The van der Waals surface area contributed by atoms with Crippen molar-refractivity contribution in [2.75, 3.05) is 0 Å². The zero-order valence-corrected chi connectivity index (χ0v) is 6.97. The van der Waals surface area contributed by atoms with Gasteiger partial charge in [-0.25, -0.2) is 9.67 Å². The van der Waals surface area contributed by atoms with Gasteiger partial charge in [0.05, 0.1) is 12.1 Å². The molecule has 2 atom stereocenters. The van der Waals surface area contributed by atoms with E-state index in [4.69, 9.17) is 5.26 Å². The van der Waals surface area contributed by atoms with Gasteiger partial charge in [-0.05, 0) is 13.8 Å². The molecule has 0 bridgehead atoms. The molecule has 1 heterocycles. The number of aliphatic hydroxyl groups excluding tert-OH is 1. The van der Waals surface area contributed by atoms with Gasteiger partial charge in [0.2, 0.25) is 0 Å². The quantitative estimate of drug-likeness (QED) is 0.675.